The van der Waals surface area contributed by atoms with E-state index in [1.54, 1.807) is 11.3 Å². The number of nitrogens with zero attached hydrogens (tertiary/aromatic N) is 2. The number of unbranched alkanes of at least 4 members (excludes halogenated alkanes) is 2. The molecular weight excluding hydrogens is 218 g/mol. The van der Waals surface area contributed by atoms with Crippen molar-refractivity contribution in [3.63, 3.8) is 0 Å². The Morgan fingerprint density at radius 1 is 1.50 bits per heavy atom. The van der Waals surface area contributed by atoms with Crippen LogP contribution in [0.4, 0.5) is 0 Å². The quantitative estimate of drug-likeness (QED) is 0.774. The van der Waals surface area contributed by atoms with E-state index in [0.717, 1.165) is 24.4 Å². The Bertz CT molecular complexity index is 363. The van der Waals surface area contributed by atoms with E-state index in [9.17, 15) is 0 Å². The standard InChI is InChI=1S/C12H19N3S/c1-10-9-14-11(16-10)12(2,3)15-8-6-4-5-7-13/h9,15H,4-6,8H2,1-3H3. The van der Waals surface area contributed by atoms with Gasteiger partial charge in [-0.3, -0.25) is 0 Å². The average Bonchev–Trinajstić information content (AvgIpc) is 2.65. The molecule has 3 nitrogen and oxygen atoms in total. The highest BCUT2D eigenvalue weighted by molar-refractivity contribution is 7.11. The van der Waals surface area contributed by atoms with Gasteiger partial charge in [-0.15, -0.1) is 11.3 Å². The number of thiazole rings is 1. The Morgan fingerprint density at radius 2 is 2.25 bits per heavy atom. The van der Waals surface area contributed by atoms with Crippen molar-refractivity contribution in [2.75, 3.05) is 6.54 Å². The van der Waals surface area contributed by atoms with E-state index >= 15 is 0 Å². The summed E-state index contributed by atoms with van der Waals surface area (Å²) >= 11 is 1.74. The van der Waals surface area contributed by atoms with Crippen molar-refractivity contribution in [1.29, 1.82) is 5.26 Å². The van der Waals surface area contributed by atoms with Crippen molar-refractivity contribution >= 4 is 11.3 Å². The molecule has 1 aromatic heterocycles. The van der Waals surface area contributed by atoms with Crippen LogP contribution in [0.25, 0.3) is 0 Å². The lowest BCUT2D eigenvalue weighted by molar-refractivity contribution is 0.396. The van der Waals surface area contributed by atoms with Gasteiger partial charge in [0.2, 0.25) is 0 Å². The van der Waals surface area contributed by atoms with Crippen LogP contribution < -0.4 is 5.32 Å². The normalized spacial score (nSPS) is 11.4. The highest BCUT2D eigenvalue weighted by Crippen LogP contribution is 2.24. The minimum absolute atomic E-state index is 0.0639. The van der Waals surface area contributed by atoms with Crippen LogP contribution in [-0.2, 0) is 5.54 Å². The number of aromatic nitrogens is 1. The molecule has 1 aromatic rings. The van der Waals surface area contributed by atoms with E-state index in [2.05, 4.69) is 37.1 Å². The van der Waals surface area contributed by atoms with Crippen LogP contribution in [0.3, 0.4) is 0 Å². The second-order valence-electron chi connectivity index (χ2n) is 4.44. The first kappa shape index (κ1) is 13.1. The molecule has 1 N–H and O–H groups in total. The summed E-state index contributed by atoms with van der Waals surface area (Å²) in [5.74, 6) is 0. The molecular formula is C12H19N3S. The van der Waals surface area contributed by atoms with Gasteiger partial charge in [0.1, 0.15) is 5.01 Å². The molecule has 0 radical (unpaired) electrons. The molecule has 0 aliphatic rings. The van der Waals surface area contributed by atoms with Crippen molar-refractivity contribution in [1.82, 2.24) is 10.3 Å². The lowest BCUT2D eigenvalue weighted by Crippen LogP contribution is -2.37. The number of hydrogen-bond donors (Lipinski definition) is 1. The van der Waals surface area contributed by atoms with Crippen LogP contribution in [0.2, 0.25) is 0 Å². The third-order valence-corrected chi connectivity index (χ3v) is 3.67. The number of nitriles is 1. The molecule has 88 valence electrons. The molecule has 16 heavy (non-hydrogen) atoms. The van der Waals surface area contributed by atoms with E-state index in [0.29, 0.717) is 6.42 Å². The monoisotopic (exact) mass is 237 g/mol. The molecule has 1 heterocycles. The van der Waals surface area contributed by atoms with Crippen LogP contribution in [-0.4, -0.2) is 11.5 Å². The second kappa shape index (κ2) is 5.97. The van der Waals surface area contributed by atoms with Crippen molar-refractivity contribution in [3.8, 4) is 6.07 Å². The van der Waals surface area contributed by atoms with Crippen molar-refractivity contribution < 1.29 is 0 Å². The summed E-state index contributed by atoms with van der Waals surface area (Å²) in [4.78, 5) is 5.65. The van der Waals surface area contributed by atoms with E-state index in [4.69, 9.17) is 5.26 Å². The maximum atomic E-state index is 8.43. The molecule has 0 amide bonds. The van der Waals surface area contributed by atoms with Gasteiger partial charge >= 0.3 is 0 Å². The molecule has 1 rings (SSSR count). The van der Waals surface area contributed by atoms with Crippen LogP contribution in [0.5, 0.6) is 0 Å². The van der Waals surface area contributed by atoms with Crippen molar-refractivity contribution in [2.45, 2.75) is 45.6 Å². The first-order valence-electron chi connectivity index (χ1n) is 5.61. The molecule has 0 bridgehead atoms. The van der Waals surface area contributed by atoms with Gasteiger partial charge in [-0.25, -0.2) is 4.98 Å². The summed E-state index contributed by atoms with van der Waals surface area (Å²) in [6.07, 6.45) is 4.58. The molecule has 0 aromatic carbocycles. The summed E-state index contributed by atoms with van der Waals surface area (Å²) in [5, 5.41) is 13.0. The molecule has 0 aliphatic heterocycles. The minimum Gasteiger partial charge on any atom is -0.306 e. The van der Waals surface area contributed by atoms with Crippen molar-refractivity contribution in [3.05, 3.63) is 16.1 Å². The average molecular weight is 237 g/mol. The zero-order valence-corrected chi connectivity index (χ0v) is 11.0. The van der Waals surface area contributed by atoms with Gasteiger partial charge in [0, 0.05) is 17.5 Å². The summed E-state index contributed by atoms with van der Waals surface area (Å²) in [6.45, 7) is 7.31. The Morgan fingerprint density at radius 3 is 2.81 bits per heavy atom. The van der Waals surface area contributed by atoms with Crippen molar-refractivity contribution in [2.24, 2.45) is 0 Å². The Kier molecular flexibility index (Phi) is 4.91. The summed E-state index contributed by atoms with van der Waals surface area (Å²) in [7, 11) is 0. The highest BCUT2D eigenvalue weighted by atomic mass is 32.1. The molecule has 0 aliphatic carbocycles. The maximum absolute atomic E-state index is 8.43. The summed E-state index contributed by atoms with van der Waals surface area (Å²) in [6, 6.07) is 2.16. The van der Waals surface area contributed by atoms with E-state index in [1.165, 1.54) is 4.88 Å². The number of hydrogen-bond acceptors (Lipinski definition) is 4. The smallest absolute Gasteiger partial charge is 0.112 e. The van der Waals surface area contributed by atoms with E-state index in [1.807, 2.05) is 6.20 Å². The molecule has 0 fully saturated rings. The third kappa shape index (κ3) is 3.92. The minimum atomic E-state index is -0.0639. The van der Waals surface area contributed by atoms with Crippen LogP contribution in [0.15, 0.2) is 6.20 Å². The van der Waals surface area contributed by atoms with Crippen LogP contribution in [0.1, 0.15) is 43.0 Å². The Labute approximate surface area is 102 Å². The number of nitrogens with one attached hydrogen (secondary N) is 1. The first-order valence-corrected chi connectivity index (χ1v) is 6.43. The molecule has 0 atom stereocenters. The van der Waals surface area contributed by atoms with Gasteiger partial charge in [0.25, 0.3) is 0 Å². The van der Waals surface area contributed by atoms with Gasteiger partial charge in [-0.1, -0.05) is 0 Å². The van der Waals surface area contributed by atoms with Crippen LogP contribution >= 0.6 is 11.3 Å². The van der Waals surface area contributed by atoms with E-state index < -0.39 is 0 Å². The highest BCUT2D eigenvalue weighted by Gasteiger charge is 2.22. The Balaban J connectivity index is 2.37. The van der Waals surface area contributed by atoms with Gasteiger partial charge in [-0.2, -0.15) is 5.26 Å². The van der Waals surface area contributed by atoms with E-state index in [-0.39, 0.29) is 5.54 Å². The fourth-order valence-corrected chi connectivity index (χ4v) is 2.29. The second-order valence-corrected chi connectivity index (χ2v) is 5.68. The third-order valence-electron chi connectivity index (χ3n) is 2.44. The molecule has 0 saturated carbocycles. The summed E-state index contributed by atoms with van der Waals surface area (Å²) < 4.78 is 0. The van der Waals surface area contributed by atoms with Gasteiger partial charge in [-0.05, 0) is 40.2 Å². The zero-order chi connectivity index (χ0) is 12.0. The lowest BCUT2D eigenvalue weighted by Gasteiger charge is -2.23. The van der Waals surface area contributed by atoms with Crippen LogP contribution in [0, 0.1) is 18.3 Å². The van der Waals surface area contributed by atoms with Gasteiger partial charge in [0.05, 0.1) is 11.6 Å². The summed E-state index contributed by atoms with van der Waals surface area (Å²) in [5.41, 5.74) is -0.0639. The largest absolute Gasteiger partial charge is 0.306 e. The van der Waals surface area contributed by atoms with Gasteiger partial charge in [0.15, 0.2) is 0 Å². The SMILES string of the molecule is Cc1cnc(C(C)(C)NCCCCC#N)s1. The maximum Gasteiger partial charge on any atom is 0.112 e. The topological polar surface area (TPSA) is 48.7 Å². The first-order chi connectivity index (χ1) is 7.56. The zero-order valence-electron chi connectivity index (χ0n) is 10.2. The fourth-order valence-electron chi connectivity index (χ4n) is 1.45. The predicted molar refractivity (Wildman–Crippen MR) is 67.3 cm³/mol. The Hall–Kier alpha value is -0.920. The molecule has 0 spiro atoms. The molecule has 4 heteroatoms. The predicted octanol–water partition coefficient (Wildman–Crippen LogP) is 2.97. The lowest BCUT2D eigenvalue weighted by atomic mass is 10.1. The number of rotatable bonds is 6. The van der Waals surface area contributed by atoms with Gasteiger partial charge < -0.3 is 5.32 Å². The fraction of sp³-hybridized carbons (Fsp3) is 0.667. The molecule has 0 unspecified atom stereocenters. The number of aryl methyl sites for hydroxylation is 1. The molecule has 0 saturated heterocycles.